The van der Waals surface area contributed by atoms with E-state index in [9.17, 15) is 0 Å². The van der Waals surface area contributed by atoms with E-state index in [0.717, 1.165) is 0 Å². The summed E-state index contributed by atoms with van der Waals surface area (Å²) >= 11 is 8.09. The zero-order valence-electron chi connectivity index (χ0n) is 10.0. The minimum absolute atomic E-state index is 0.323. The number of halogens is 2. The highest BCUT2D eigenvalue weighted by molar-refractivity contribution is 14.1. The molecule has 0 spiro atoms. The van der Waals surface area contributed by atoms with Crippen molar-refractivity contribution in [3.63, 3.8) is 0 Å². The summed E-state index contributed by atoms with van der Waals surface area (Å²) in [7, 11) is 0. The number of ether oxygens (including phenoxy) is 1. The first-order valence-corrected chi connectivity index (χ1v) is 6.87. The number of benzene rings is 2. The second-order valence-electron chi connectivity index (χ2n) is 3.85. The van der Waals surface area contributed by atoms with Crippen LogP contribution in [-0.4, -0.2) is 0 Å². The van der Waals surface area contributed by atoms with Gasteiger partial charge in [-0.3, -0.25) is 0 Å². The van der Waals surface area contributed by atoms with E-state index in [1.165, 1.54) is 12.1 Å². The van der Waals surface area contributed by atoms with Crippen LogP contribution in [0.5, 0.6) is 11.5 Å². The number of nitriles is 2. The van der Waals surface area contributed by atoms with E-state index in [4.69, 9.17) is 32.6 Å². The van der Waals surface area contributed by atoms with E-state index in [-0.39, 0.29) is 0 Å². The molecule has 2 N–H and O–H groups in total. The number of anilines is 1. The Morgan fingerprint density at radius 2 is 1.80 bits per heavy atom. The second kappa shape index (κ2) is 6.00. The van der Waals surface area contributed by atoms with Crippen LogP contribution in [0.25, 0.3) is 0 Å². The summed E-state index contributed by atoms with van der Waals surface area (Å²) in [6.45, 7) is 0. The number of nitrogens with two attached hydrogens (primary N) is 1. The lowest BCUT2D eigenvalue weighted by molar-refractivity contribution is 0.482. The molecule has 2 aromatic rings. The third-order valence-electron chi connectivity index (χ3n) is 2.47. The number of rotatable bonds is 2. The van der Waals surface area contributed by atoms with Crippen molar-refractivity contribution in [2.45, 2.75) is 0 Å². The van der Waals surface area contributed by atoms with Gasteiger partial charge in [-0.25, -0.2) is 0 Å². The van der Waals surface area contributed by atoms with E-state index >= 15 is 0 Å². The summed E-state index contributed by atoms with van der Waals surface area (Å²) in [5.74, 6) is 0.844. The summed E-state index contributed by atoms with van der Waals surface area (Å²) in [6.07, 6.45) is 0. The van der Waals surface area contributed by atoms with Crippen molar-refractivity contribution in [3.8, 4) is 23.6 Å². The molecule has 0 bridgehead atoms. The Labute approximate surface area is 134 Å². The van der Waals surface area contributed by atoms with E-state index in [2.05, 4.69) is 0 Å². The Kier molecular flexibility index (Phi) is 4.33. The van der Waals surface area contributed by atoms with Gasteiger partial charge >= 0.3 is 0 Å². The molecule has 6 heteroatoms. The number of nitrogens with zero attached hydrogens (tertiary/aromatic N) is 2. The Balaban J connectivity index is 2.41. The van der Waals surface area contributed by atoms with Gasteiger partial charge in [0.15, 0.2) is 5.75 Å². The molecular weight excluding hydrogens is 389 g/mol. The van der Waals surface area contributed by atoms with Crippen molar-refractivity contribution in [2.75, 3.05) is 5.73 Å². The quantitative estimate of drug-likeness (QED) is 0.614. The first-order chi connectivity index (χ1) is 9.55. The molecule has 0 heterocycles. The lowest BCUT2D eigenvalue weighted by Gasteiger charge is -2.12. The fourth-order valence-corrected chi connectivity index (χ4v) is 2.53. The van der Waals surface area contributed by atoms with E-state index in [1.807, 2.05) is 34.7 Å². The summed E-state index contributed by atoms with van der Waals surface area (Å²) in [5, 5.41) is 18.0. The largest absolute Gasteiger partial charge is 0.453 e. The van der Waals surface area contributed by atoms with Gasteiger partial charge in [0.25, 0.3) is 0 Å². The molecule has 0 saturated heterocycles. The fourth-order valence-electron chi connectivity index (χ4n) is 1.55. The average Bonchev–Trinajstić information content (AvgIpc) is 2.43. The van der Waals surface area contributed by atoms with E-state index in [0.29, 0.717) is 36.9 Å². The molecule has 0 saturated carbocycles. The first-order valence-electron chi connectivity index (χ1n) is 5.41. The van der Waals surface area contributed by atoms with E-state index < -0.39 is 0 Å². The molecule has 0 atom stereocenters. The van der Waals surface area contributed by atoms with Crippen LogP contribution in [0.2, 0.25) is 5.02 Å². The lowest BCUT2D eigenvalue weighted by atomic mass is 10.2. The first kappa shape index (κ1) is 14.4. The maximum Gasteiger partial charge on any atom is 0.163 e. The predicted molar refractivity (Wildman–Crippen MR) is 84.5 cm³/mol. The second-order valence-corrected chi connectivity index (χ2v) is 5.42. The van der Waals surface area contributed by atoms with Gasteiger partial charge in [0.1, 0.15) is 5.75 Å². The third kappa shape index (κ3) is 2.96. The highest BCUT2D eigenvalue weighted by Crippen LogP contribution is 2.36. The summed E-state index contributed by atoms with van der Waals surface area (Å²) in [6, 6.07) is 12.0. The smallest absolute Gasteiger partial charge is 0.163 e. The van der Waals surface area contributed by atoms with Gasteiger partial charge in [0.2, 0.25) is 0 Å². The van der Waals surface area contributed by atoms with Crippen molar-refractivity contribution in [2.24, 2.45) is 0 Å². The average molecular weight is 396 g/mol. The van der Waals surface area contributed by atoms with Gasteiger partial charge in [-0.1, -0.05) is 11.6 Å². The van der Waals surface area contributed by atoms with Crippen LogP contribution >= 0.6 is 34.2 Å². The molecule has 0 unspecified atom stereocenters. The van der Waals surface area contributed by atoms with Gasteiger partial charge in [0.05, 0.1) is 37.5 Å². The molecule has 4 nitrogen and oxygen atoms in total. The summed E-state index contributed by atoms with van der Waals surface area (Å²) in [5.41, 5.74) is 7.14. The zero-order chi connectivity index (χ0) is 14.7. The van der Waals surface area contributed by atoms with Gasteiger partial charge in [0, 0.05) is 0 Å². The van der Waals surface area contributed by atoms with Crippen molar-refractivity contribution in [1.82, 2.24) is 0 Å². The number of nitrogen functional groups attached to an aromatic ring is 1. The standard InChI is InChI=1S/C14H7ClIN3O/c15-10-3-8(6-17)1-2-13(10)20-14-11(16)4-9(7-18)5-12(14)19/h1-5H,19H2. The van der Waals surface area contributed by atoms with Gasteiger partial charge < -0.3 is 10.5 Å². The monoisotopic (exact) mass is 395 g/mol. The molecule has 0 amide bonds. The Bertz CT molecular complexity index is 739. The molecule has 0 aliphatic carbocycles. The zero-order valence-corrected chi connectivity index (χ0v) is 12.9. The molecule has 0 fully saturated rings. The van der Waals surface area contributed by atoms with Crippen LogP contribution in [-0.2, 0) is 0 Å². The van der Waals surface area contributed by atoms with Crippen LogP contribution in [0.4, 0.5) is 5.69 Å². The van der Waals surface area contributed by atoms with Crippen molar-refractivity contribution in [3.05, 3.63) is 50.1 Å². The summed E-state index contributed by atoms with van der Waals surface area (Å²) < 4.78 is 6.39. The van der Waals surface area contributed by atoms with Crippen LogP contribution in [0.15, 0.2) is 30.3 Å². The number of hydrogen-bond donors (Lipinski definition) is 1. The Hall–Kier alpha value is -1.96. The fraction of sp³-hybridized carbons (Fsp3) is 0. The normalized spacial score (nSPS) is 9.60. The molecule has 98 valence electrons. The molecule has 0 aliphatic heterocycles. The molecule has 2 aromatic carbocycles. The van der Waals surface area contributed by atoms with Crippen molar-refractivity contribution >= 4 is 39.9 Å². The lowest BCUT2D eigenvalue weighted by Crippen LogP contribution is -1.96. The molecular formula is C14H7ClIN3O. The van der Waals surface area contributed by atoms with Gasteiger partial charge in [-0.2, -0.15) is 10.5 Å². The maximum atomic E-state index is 8.87. The van der Waals surface area contributed by atoms with Crippen LogP contribution in [0.3, 0.4) is 0 Å². The number of hydrogen-bond acceptors (Lipinski definition) is 4. The van der Waals surface area contributed by atoms with Gasteiger partial charge in [-0.15, -0.1) is 0 Å². The highest BCUT2D eigenvalue weighted by Gasteiger charge is 2.12. The van der Waals surface area contributed by atoms with Crippen molar-refractivity contribution in [1.29, 1.82) is 10.5 Å². The van der Waals surface area contributed by atoms with Crippen LogP contribution in [0, 0.1) is 26.2 Å². The highest BCUT2D eigenvalue weighted by atomic mass is 127. The molecule has 2 rings (SSSR count). The SMILES string of the molecule is N#Cc1ccc(Oc2c(N)cc(C#N)cc2I)c(Cl)c1. The Morgan fingerprint density at radius 1 is 1.10 bits per heavy atom. The van der Waals surface area contributed by atoms with Crippen LogP contribution < -0.4 is 10.5 Å². The van der Waals surface area contributed by atoms with E-state index in [1.54, 1.807) is 18.2 Å². The summed E-state index contributed by atoms with van der Waals surface area (Å²) in [4.78, 5) is 0. The minimum atomic E-state index is 0.323. The minimum Gasteiger partial charge on any atom is -0.453 e. The molecule has 20 heavy (non-hydrogen) atoms. The molecule has 0 radical (unpaired) electrons. The Morgan fingerprint density at radius 3 is 2.35 bits per heavy atom. The van der Waals surface area contributed by atoms with Gasteiger partial charge in [-0.05, 0) is 52.9 Å². The third-order valence-corrected chi connectivity index (χ3v) is 3.57. The predicted octanol–water partition coefficient (Wildman–Crippen LogP) is 4.06. The van der Waals surface area contributed by atoms with Crippen LogP contribution in [0.1, 0.15) is 11.1 Å². The molecule has 0 aromatic heterocycles. The van der Waals surface area contributed by atoms with Crippen molar-refractivity contribution < 1.29 is 4.74 Å². The maximum absolute atomic E-state index is 8.87. The topological polar surface area (TPSA) is 82.8 Å². The molecule has 0 aliphatic rings.